The first-order valence-corrected chi connectivity index (χ1v) is 5.21. The number of amides is 1. The van der Waals surface area contributed by atoms with Crippen molar-refractivity contribution in [3.8, 4) is 5.75 Å². The average molecular weight is 259 g/mol. The molecule has 0 fully saturated rings. The zero-order valence-electron chi connectivity index (χ0n) is 9.57. The van der Waals surface area contributed by atoms with Crippen molar-refractivity contribution in [2.45, 2.75) is 0 Å². The van der Waals surface area contributed by atoms with Gasteiger partial charge in [-0.1, -0.05) is 0 Å². The van der Waals surface area contributed by atoms with Crippen LogP contribution in [0.15, 0.2) is 36.8 Å². The van der Waals surface area contributed by atoms with Gasteiger partial charge >= 0.3 is 5.97 Å². The first-order valence-electron chi connectivity index (χ1n) is 5.21. The van der Waals surface area contributed by atoms with E-state index in [0.29, 0.717) is 5.69 Å². The van der Waals surface area contributed by atoms with Crippen molar-refractivity contribution in [3.63, 3.8) is 0 Å². The Morgan fingerprint density at radius 2 is 2.00 bits per heavy atom. The van der Waals surface area contributed by atoms with Crippen molar-refractivity contribution in [1.82, 2.24) is 9.97 Å². The molecule has 0 atom stereocenters. The Labute approximate surface area is 107 Å². The first-order chi connectivity index (χ1) is 9.06. The normalized spacial score (nSPS) is 9.89. The van der Waals surface area contributed by atoms with Crippen molar-refractivity contribution >= 4 is 17.6 Å². The summed E-state index contributed by atoms with van der Waals surface area (Å²) in [6, 6.07) is 3.94. The zero-order valence-corrected chi connectivity index (χ0v) is 9.57. The highest BCUT2D eigenvalue weighted by Crippen LogP contribution is 2.12. The molecule has 0 unspecified atom stereocenters. The average Bonchev–Trinajstić information content (AvgIpc) is 2.39. The highest BCUT2D eigenvalue weighted by Gasteiger charge is 2.10. The fraction of sp³-hybridized carbons (Fsp3) is 0. The summed E-state index contributed by atoms with van der Waals surface area (Å²) in [5.74, 6) is -1.82. The van der Waals surface area contributed by atoms with Gasteiger partial charge in [0.15, 0.2) is 0 Å². The van der Waals surface area contributed by atoms with E-state index in [9.17, 15) is 14.7 Å². The number of aromatic hydroxyl groups is 1. The lowest BCUT2D eigenvalue weighted by Gasteiger charge is -2.05. The van der Waals surface area contributed by atoms with Gasteiger partial charge in [0.2, 0.25) is 0 Å². The number of pyridine rings is 2. The molecule has 2 rings (SSSR count). The van der Waals surface area contributed by atoms with Gasteiger partial charge in [-0.25, -0.2) is 9.78 Å². The molecule has 2 aromatic heterocycles. The number of nitrogens with one attached hydrogen (secondary N) is 1. The molecule has 1 amide bonds. The first kappa shape index (κ1) is 12.5. The van der Waals surface area contributed by atoms with Crippen molar-refractivity contribution in [3.05, 3.63) is 48.0 Å². The quantitative estimate of drug-likeness (QED) is 0.761. The van der Waals surface area contributed by atoms with Crippen molar-refractivity contribution < 1.29 is 19.8 Å². The summed E-state index contributed by atoms with van der Waals surface area (Å²) in [7, 11) is 0. The number of nitrogens with zero attached hydrogens (tertiary/aromatic N) is 2. The van der Waals surface area contributed by atoms with Crippen LogP contribution in [0.3, 0.4) is 0 Å². The summed E-state index contributed by atoms with van der Waals surface area (Å²) in [6.45, 7) is 0. The molecule has 2 aromatic rings. The smallest absolute Gasteiger partial charge is 0.354 e. The predicted molar refractivity (Wildman–Crippen MR) is 65.1 cm³/mol. The number of aromatic carboxylic acids is 1. The van der Waals surface area contributed by atoms with Gasteiger partial charge in [0.25, 0.3) is 5.91 Å². The van der Waals surface area contributed by atoms with Crippen LogP contribution in [0.4, 0.5) is 5.69 Å². The SMILES string of the molecule is O=C(Nc1ccnc(C(=O)O)c1)c1cncc(O)c1. The van der Waals surface area contributed by atoms with Crippen LogP contribution >= 0.6 is 0 Å². The van der Waals surface area contributed by atoms with Gasteiger partial charge in [0.1, 0.15) is 11.4 Å². The maximum atomic E-state index is 11.8. The Bertz CT molecular complexity index is 642. The van der Waals surface area contributed by atoms with E-state index in [1.165, 1.54) is 36.8 Å². The van der Waals surface area contributed by atoms with Crippen LogP contribution in [0.2, 0.25) is 0 Å². The van der Waals surface area contributed by atoms with E-state index < -0.39 is 11.9 Å². The monoisotopic (exact) mass is 259 g/mol. The summed E-state index contributed by atoms with van der Waals surface area (Å²) in [5.41, 5.74) is 0.279. The van der Waals surface area contributed by atoms with Gasteiger partial charge in [0, 0.05) is 18.1 Å². The zero-order chi connectivity index (χ0) is 13.8. The number of hydrogen-bond acceptors (Lipinski definition) is 5. The third kappa shape index (κ3) is 3.03. The van der Waals surface area contributed by atoms with E-state index in [2.05, 4.69) is 15.3 Å². The lowest BCUT2D eigenvalue weighted by Crippen LogP contribution is -2.13. The topological polar surface area (TPSA) is 112 Å². The molecule has 0 bridgehead atoms. The lowest BCUT2D eigenvalue weighted by molar-refractivity contribution is 0.0690. The van der Waals surface area contributed by atoms with Gasteiger partial charge in [-0.05, 0) is 18.2 Å². The molecule has 0 spiro atoms. The van der Waals surface area contributed by atoms with Crippen LogP contribution in [0, 0.1) is 0 Å². The maximum absolute atomic E-state index is 11.8. The minimum Gasteiger partial charge on any atom is -0.506 e. The van der Waals surface area contributed by atoms with Crippen molar-refractivity contribution in [2.24, 2.45) is 0 Å². The van der Waals surface area contributed by atoms with E-state index in [4.69, 9.17) is 5.11 Å². The standard InChI is InChI=1S/C12H9N3O4/c16-9-3-7(5-13-6-9)11(17)15-8-1-2-14-10(4-8)12(18)19/h1-6,16H,(H,18,19)(H,14,15,17). The lowest BCUT2D eigenvalue weighted by atomic mass is 10.2. The Morgan fingerprint density at radius 1 is 1.21 bits per heavy atom. The van der Waals surface area contributed by atoms with Crippen LogP contribution in [0.5, 0.6) is 5.75 Å². The summed E-state index contributed by atoms with van der Waals surface area (Å²) in [4.78, 5) is 29.9. The fourth-order valence-corrected chi connectivity index (χ4v) is 1.38. The molecule has 3 N–H and O–H groups in total. The number of anilines is 1. The Kier molecular flexibility index (Phi) is 3.37. The molecule has 0 radical (unpaired) electrons. The number of carboxylic acid groups (broad SMARTS) is 1. The second kappa shape index (κ2) is 5.13. The number of carbonyl (C=O) groups is 2. The molecule has 0 aliphatic heterocycles. The summed E-state index contributed by atoms with van der Waals surface area (Å²) >= 11 is 0. The summed E-state index contributed by atoms with van der Waals surface area (Å²) in [5, 5.41) is 20.5. The molecule has 7 nitrogen and oxygen atoms in total. The van der Waals surface area contributed by atoms with E-state index in [-0.39, 0.29) is 17.0 Å². The van der Waals surface area contributed by atoms with Crippen LogP contribution in [-0.2, 0) is 0 Å². The molecule has 96 valence electrons. The van der Waals surface area contributed by atoms with Gasteiger partial charge in [-0.15, -0.1) is 0 Å². The summed E-state index contributed by atoms with van der Waals surface area (Å²) in [6.07, 6.45) is 3.76. The number of hydrogen-bond donors (Lipinski definition) is 3. The predicted octanol–water partition coefficient (Wildman–Crippen LogP) is 1.13. The van der Waals surface area contributed by atoms with Crippen LogP contribution < -0.4 is 5.32 Å². The van der Waals surface area contributed by atoms with Crippen LogP contribution in [0.1, 0.15) is 20.8 Å². The molecule has 19 heavy (non-hydrogen) atoms. The van der Waals surface area contributed by atoms with Gasteiger partial charge in [0.05, 0.1) is 11.8 Å². The van der Waals surface area contributed by atoms with E-state index >= 15 is 0 Å². The molecule has 2 heterocycles. The maximum Gasteiger partial charge on any atom is 0.354 e. The highest BCUT2D eigenvalue weighted by atomic mass is 16.4. The Balaban J connectivity index is 2.19. The minimum atomic E-state index is -1.19. The Hall–Kier alpha value is -2.96. The largest absolute Gasteiger partial charge is 0.506 e. The molecular formula is C12H9N3O4. The molecule has 7 heteroatoms. The Morgan fingerprint density at radius 3 is 2.68 bits per heavy atom. The fourth-order valence-electron chi connectivity index (χ4n) is 1.38. The van der Waals surface area contributed by atoms with Gasteiger partial charge in [-0.3, -0.25) is 9.78 Å². The molecule has 0 aliphatic rings. The number of rotatable bonds is 3. The summed E-state index contributed by atoms with van der Waals surface area (Å²) < 4.78 is 0. The van der Waals surface area contributed by atoms with Gasteiger partial charge in [-0.2, -0.15) is 0 Å². The molecule has 0 aromatic carbocycles. The second-order valence-electron chi connectivity index (χ2n) is 3.62. The van der Waals surface area contributed by atoms with E-state index in [0.717, 1.165) is 0 Å². The van der Waals surface area contributed by atoms with Crippen molar-refractivity contribution in [1.29, 1.82) is 0 Å². The van der Waals surface area contributed by atoms with Crippen LogP contribution in [-0.4, -0.2) is 32.1 Å². The molecule has 0 saturated carbocycles. The van der Waals surface area contributed by atoms with Crippen molar-refractivity contribution in [2.75, 3.05) is 5.32 Å². The third-order valence-corrected chi connectivity index (χ3v) is 2.22. The van der Waals surface area contributed by atoms with Crippen LogP contribution in [0.25, 0.3) is 0 Å². The number of carboxylic acids is 1. The van der Waals surface area contributed by atoms with Gasteiger partial charge < -0.3 is 15.5 Å². The highest BCUT2D eigenvalue weighted by molar-refractivity contribution is 6.04. The minimum absolute atomic E-state index is 0.131. The molecule has 0 saturated heterocycles. The molecule has 0 aliphatic carbocycles. The second-order valence-corrected chi connectivity index (χ2v) is 3.62. The number of aromatic nitrogens is 2. The molecular weight excluding hydrogens is 250 g/mol. The number of carbonyl (C=O) groups excluding carboxylic acids is 1. The third-order valence-electron chi connectivity index (χ3n) is 2.22. The van der Waals surface area contributed by atoms with E-state index in [1.807, 2.05) is 0 Å². The van der Waals surface area contributed by atoms with E-state index in [1.54, 1.807) is 0 Å².